The van der Waals surface area contributed by atoms with Gasteiger partial charge in [0.05, 0.1) is 11.3 Å². The van der Waals surface area contributed by atoms with Crippen LogP contribution in [-0.2, 0) is 16.2 Å². The van der Waals surface area contributed by atoms with Crippen molar-refractivity contribution in [1.82, 2.24) is 10.6 Å². The van der Waals surface area contributed by atoms with E-state index >= 15 is 0 Å². The number of rotatable bonds is 7. The minimum atomic E-state index is -0.352. The summed E-state index contributed by atoms with van der Waals surface area (Å²) in [6.45, 7) is 4.06. The summed E-state index contributed by atoms with van der Waals surface area (Å²) in [4.78, 5) is 16.5. The van der Waals surface area contributed by atoms with Crippen molar-refractivity contribution >= 4 is 5.91 Å². The molecule has 1 aromatic carbocycles. The normalized spacial score (nSPS) is 10.5. The molecule has 0 saturated carbocycles. The molecule has 0 aliphatic carbocycles. The van der Waals surface area contributed by atoms with E-state index in [0.717, 1.165) is 17.0 Å². The van der Waals surface area contributed by atoms with E-state index in [-0.39, 0.29) is 12.7 Å². The summed E-state index contributed by atoms with van der Waals surface area (Å²) in [5, 5.41) is 3.87. The number of aromatic nitrogens is 1. The molecule has 1 heterocycles. The molecule has 1 aromatic heterocycles. The van der Waals surface area contributed by atoms with E-state index in [1.807, 2.05) is 13.8 Å². The van der Waals surface area contributed by atoms with Gasteiger partial charge in [0.1, 0.15) is 18.1 Å². The number of nitrogens with zero attached hydrogens (tertiary/aromatic N) is 1. The molecule has 0 atom stereocenters. The van der Waals surface area contributed by atoms with E-state index < -0.39 is 0 Å². The fourth-order valence-corrected chi connectivity index (χ4v) is 1.78. The number of nitrogens with one attached hydrogen (secondary N) is 1. The Morgan fingerprint density at radius 1 is 1.27 bits per heavy atom. The largest absolute Gasteiger partial charge is 0.489 e. The molecule has 0 unspecified atom stereocenters. The van der Waals surface area contributed by atoms with Crippen molar-refractivity contribution in [3.8, 4) is 5.75 Å². The van der Waals surface area contributed by atoms with Crippen LogP contribution in [0.5, 0.6) is 5.75 Å². The highest BCUT2D eigenvalue weighted by Gasteiger charge is 2.10. The minimum Gasteiger partial charge on any atom is -0.489 e. The van der Waals surface area contributed by atoms with Gasteiger partial charge in [0.15, 0.2) is 6.79 Å². The molecule has 0 bridgehead atoms. The highest BCUT2D eigenvalue weighted by molar-refractivity contribution is 5.93. The van der Waals surface area contributed by atoms with Crippen LogP contribution in [0.2, 0.25) is 0 Å². The van der Waals surface area contributed by atoms with E-state index in [9.17, 15) is 4.79 Å². The molecule has 118 valence electrons. The molecule has 22 heavy (non-hydrogen) atoms. The lowest BCUT2D eigenvalue weighted by Crippen LogP contribution is -2.24. The van der Waals surface area contributed by atoms with Crippen LogP contribution in [-0.4, -0.2) is 25.0 Å². The van der Waals surface area contributed by atoms with Gasteiger partial charge in [0.25, 0.3) is 5.91 Å². The maximum absolute atomic E-state index is 11.7. The van der Waals surface area contributed by atoms with Gasteiger partial charge in [-0.3, -0.25) is 4.79 Å². The average Bonchev–Trinajstić information content (AvgIpc) is 2.84. The molecule has 0 saturated heterocycles. The van der Waals surface area contributed by atoms with Gasteiger partial charge in [-0.1, -0.05) is 5.16 Å². The van der Waals surface area contributed by atoms with E-state index in [2.05, 4.69) is 15.4 Å². The molecule has 0 aliphatic heterocycles. The number of hydrogen-bond acceptors (Lipinski definition) is 6. The average molecular weight is 306 g/mol. The zero-order valence-corrected chi connectivity index (χ0v) is 12.7. The highest BCUT2D eigenvalue weighted by atomic mass is 16.8. The Balaban J connectivity index is 1.90. The Morgan fingerprint density at radius 2 is 2.00 bits per heavy atom. The van der Waals surface area contributed by atoms with Gasteiger partial charge in [-0.05, 0) is 38.1 Å². The first-order valence-corrected chi connectivity index (χ1v) is 6.67. The van der Waals surface area contributed by atoms with Gasteiger partial charge >= 0.3 is 0 Å². The third-order valence-corrected chi connectivity index (χ3v) is 3.02. The summed E-state index contributed by atoms with van der Waals surface area (Å²) < 4.78 is 15.4. The molecule has 0 spiro atoms. The smallest absolute Gasteiger partial charge is 0.274 e. The molecule has 2 aromatic rings. The summed E-state index contributed by atoms with van der Waals surface area (Å²) in [7, 11) is 1.47. The summed E-state index contributed by atoms with van der Waals surface area (Å²) in [5.74, 6) is 1.03. The minimum absolute atomic E-state index is 0.00955. The maximum Gasteiger partial charge on any atom is 0.274 e. The summed E-state index contributed by atoms with van der Waals surface area (Å²) in [6, 6.07) is 6.72. The standard InChI is InChI=1S/C15H18N2O5/c1-10-14(11(2)22-16-10)8-20-13-6-4-12(5-7-13)15(18)17-21-9-19-3/h4-7H,8-9H2,1-3H3,(H,17,18). The van der Waals surface area contributed by atoms with Gasteiger partial charge in [0.2, 0.25) is 0 Å². The van der Waals surface area contributed by atoms with E-state index in [0.29, 0.717) is 17.9 Å². The lowest BCUT2D eigenvalue weighted by Gasteiger charge is -2.07. The Kier molecular flexibility index (Phi) is 5.51. The van der Waals surface area contributed by atoms with Gasteiger partial charge in [-0.25, -0.2) is 10.3 Å². The monoisotopic (exact) mass is 306 g/mol. The molecule has 0 radical (unpaired) electrons. The van der Waals surface area contributed by atoms with Gasteiger partial charge in [-0.15, -0.1) is 0 Å². The van der Waals surface area contributed by atoms with Crippen LogP contribution in [0.1, 0.15) is 27.4 Å². The fraction of sp³-hybridized carbons (Fsp3) is 0.333. The zero-order valence-electron chi connectivity index (χ0n) is 12.7. The van der Waals surface area contributed by atoms with Crippen LogP contribution in [0.25, 0.3) is 0 Å². The second-order valence-corrected chi connectivity index (χ2v) is 4.60. The highest BCUT2D eigenvalue weighted by Crippen LogP contribution is 2.17. The van der Waals surface area contributed by atoms with Crippen molar-refractivity contribution < 1.29 is 23.6 Å². The van der Waals surface area contributed by atoms with Gasteiger partial charge < -0.3 is 14.0 Å². The lowest BCUT2D eigenvalue weighted by atomic mass is 10.2. The first kappa shape index (κ1) is 16.0. The number of carbonyl (C=O) groups is 1. The second-order valence-electron chi connectivity index (χ2n) is 4.60. The van der Waals surface area contributed by atoms with Crippen LogP contribution in [0.3, 0.4) is 0 Å². The Morgan fingerprint density at radius 3 is 2.59 bits per heavy atom. The number of hydroxylamine groups is 1. The van der Waals surface area contributed by atoms with Crippen LogP contribution in [0.4, 0.5) is 0 Å². The molecule has 0 aliphatic rings. The molecular weight excluding hydrogens is 288 g/mol. The molecule has 1 amide bonds. The summed E-state index contributed by atoms with van der Waals surface area (Å²) >= 11 is 0. The first-order chi connectivity index (χ1) is 10.6. The number of ether oxygens (including phenoxy) is 2. The number of methoxy groups -OCH3 is 1. The van der Waals surface area contributed by atoms with E-state index in [1.165, 1.54) is 7.11 Å². The number of amides is 1. The number of aryl methyl sites for hydroxylation is 2. The summed E-state index contributed by atoms with van der Waals surface area (Å²) in [6.07, 6.45) is 0. The predicted octanol–water partition coefficient (Wildman–Crippen LogP) is 2.14. The van der Waals surface area contributed by atoms with Crippen molar-refractivity contribution in [2.75, 3.05) is 13.9 Å². The molecule has 7 nitrogen and oxygen atoms in total. The van der Waals surface area contributed by atoms with Crippen LogP contribution in [0.15, 0.2) is 28.8 Å². The van der Waals surface area contributed by atoms with Crippen molar-refractivity contribution in [1.29, 1.82) is 0 Å². The SMILES string of the molecule is COCONC(=O)c1ccc(OCc2c(C)noc2C)cc1. The van der Waals surface area contributed by atoms with Crippen molar-refractivity contribution in [3.63, 3.8) is 0 Å². The summed E-state index contributed by atoms with van der Waals surface area (Å²) in [5.41, 5.74) is 4.46. The molecule has 1 N–H and O–H groups in total. The second kappa shape index (κ2) is 7.58. The van der Waals surface area contributed by atoms with E-state index in [1.54, 1.807) is 24.3 Å². The number of benzene rings is 1. The van der Waals surface area contributed by atoms with Crippen molar-refractivity contribution in [2.24, 2.45) is 0 Å². The molecule has 0 fully saturated rings. The number of hydrogen-bond donors (Lipinski definition) is 1. The van der Waals surface area contributed by atoms with Crippen LogP contribution >= 0.6 is 0 Å². The number of carbonyl (C=O) groups excluding carboxylic acids is 1. The Bertz CT molecular complexity index is 602. The molecule has 7 heteroatoms. The third-order valence-electron chi connectivity index (χ3n) is 3.02. The fourth-order valence-electron chi connectivity index (χ4n) is 1.78. The Labute approximate surface area is 128 Å². The van der Waals surface area contributed by atoms with Crippen LogP contribution in [0, 0.1) is 13.8 Å². The lowest BCUT2D eigenvalue weighted by molar-refractivity contribution is -0.0704. The zero-order chi connectivity index (χ0) is 15.9. The maximum atomic E-state index is 11.7. The quantitative estimate of drug-likeness (QED) is 0.479. The molecule has 2 rings (SSSR count). The molecular formula is C15H18N2O5. The van der Waals surface area contributed by atoms with Crippen molar-refractivity contribution in [2.45, 2.75) is 20.5 Å². The predicted molar refractivity (Wildman–Crippen MR) is 77.2 cm³/mol. The Hall–Kier alpha value is -2.38. The van der Waals surface area contributed by atoms with E-state index in [4.69, 9.17) is 14.1 Å². The van der Waals surface area contributed by atoms with Crippen LogP contribution < -0.4 is 10.2 Å². The van der Waals surface area contributed by atoms with Crippen molar-refractivity contribution in [3.05, 3.63) is 46.8 Å². The van der Waals surface area contributed by atoms with Gasteiger partial charge in [-0.2, -0.15) is 0 Å². The first-order valence-electron chi connectivity index (χ1n) is 6.67. The third kappa shape index (κ3) is 4.06. The topological polar surface area (TPSA) is 82.8 Å². The van der Waals surface area contributed by atoms with Gasteiger partial charge in [0, 0.05) is 12.7 Å².